The fourth-order valence-electron chi connectivity index (χ4n) is 2.54. The Kier molecular flexibility index (Phi) is 3.53. The third-order valence-electron chi connectivity index (χ3n) is 3.78. The summed E-state index contributed by atoms with van der Waals surface area (Å²) in [5.74, 6) is 0. The van der Waals surface area contributed by atoms with E-state index in [1.165, 1.54) is 27.9 Å². The minimum atomic E-state index is 0.163. The lowest BCUT2D eigenvalue weighted by atomic mass is 9.86. The zero-order valence-electron chi connectivity index (χ0n) is 12.9. The van der Waals surface area contributed by atoms with Crippen molar-refractivity contribution >= 4 is 16.6 Å². The Balaban J connectivity index is 2.78. The van der Waals surface area contributed by atoms with Gasteiger partial charge in [0.15, 0.2) is 0 Å². The van der Waals surface area contributed by atoms with E-state index in [-0.39, 0.29) is 5.41 Å². The number of pyridine rings is 1. The maximum absolute atomic E-state index is 4.79. The van der Waals surface area contributed by atoms with Gasteiger partial charge in [0, 0.05) is 23.8 Å². The molecule has 0 fully saturated rings. The average Bonchev–Trinajstić information content (AvgIpc) is 2.36. The van der Waals surface area contributed by atoms with Crippen molar-refractivity contribution in [1.29, 1.82) is 0 Å². The topological polar surface area (TPSA) is 24.9 Å². The van der Waals surface area contributed by atoms with Crippen molar-refractivity contribution in [3.63, 3.8) is 0 Å². The molecule has 1 heterocycles. The molecule has 0 aliphatic rings. The van der Waals surface area contributed by atoms with Crippen molar-refractivity contribution < 1.29 is 0 Å². The fourth-order valence-corrected chi connectivity index (χ4v) is 2.54. The molecular weight excluding hydrogens is 232 g/mol. The SMILES string of the molecule is CCc1nc2ccc(C(C)(C)C)cc2c(NC)c1C. The van der Waals surface area contributed by atoms with Crippen molar-refractivity contribution in [2.45, 2.75) is 46.5 Å². The van der Waals surface area contributed by atoms with Crippen LogP contribution in [0.2, 0.25) is 0 Å². The molecule has 2 heteroatoms. The van der Waals surface area contributed by atoms with Gasteiger partial charge in [-0.3, -0.25) is 4.98 Å². The number of fused-ring (bicyclic) bond motifs is 1. The van der Waals surface area contributed by atoms with Gasteiger partial charge in [-0.2, -0.15) is 0 Å². The van der Waals surface area contributed by atoms with Crippen molar-refractivity contribution in [2.75, 3.05) is 12.4 Å². The number of aryl methyl sites for hydroxylation is 1. The van der Waals surface area contributed by atoms with Crippen LogP contribution in [0, 0.1) is 6.92 Å². The van der Waals surface area contributed by atoms with Crippen LogP contribution in [0.25, 0.3) is 10.9 Å². The number of anilines is 1. The largest absolute Gasteiger partial charge is 0.387 e. The first-order chi connectivity index (χ1) is 8.88. The Bertz CT molecular complexity index is 607. The first-order valence-corrected chi connectivity index (χ1v) is 7.00. The van der Waals surface area contributed by atoms with Crippen molar-refractivity contribution in [3.05, 3.63) is 35.0 Å². The minimum absolute atomic E-state index is 0.163. The van der Waals surface area contributed by atoms with E-state index in [1.807, 2.05) is 7.05 Å². The van der Waals surface area contributed by atoms with Crippen LogP contribution in [0.5, 0.6) is 0 Å². The molecule has 0 atom stereocenters. The average molecular weight is 256 g/mol. The highest BCUT2D eigenvalue weighted by atomic mass is 14.8. The quantitative estimate of drug-likeness (QED) is 0.859. The number of rotatable bonds is 2. The molecule has 102 valence electrons. The van der Waals surface area contributed by atoms with Gasteiger partial charge in [-0.05, 0) is 42.0 Å². The summed E-state index contributed by atoms with van der Waals surface area (Å²) in [5, 5.41) is 4.58. The van der Waals surface area contributed by atoms with Gasteiger partial charge in [-0.15, -0.1) is 0 Å². The Morgan fingerprint density at radius 3 is 2.42 bits per heavy atom. The Labute approximate surface area is 116 Å². The number of aromatic nitrogens is 1. The normalized spacial score (nSPS) is 11.9. The van der Waals surface area contributed by atoms with Crippen LogP contribution in [-0.4, -0.2) is 12.0 Å². The summed E-state index contributed by atoms with van der Waals surface area (Å²) >= 11 is 0. The van der Waals surface area contributed by atoms with Crippen molar-refractivity contribution in [3.8, 4) is 0 Å². The van der Waals surface area contributed by atoms with E-state index in [2.05, 4.69) is 58.1 Å². The first-order valence-electron chi connectivity index (χ1n) is 7.00. The molecule has 0 bridgehead atoms. The molecule has 0 saturated heterocycles. The molecule has 1 aromatic heterocycles. The summed E-state index contributed by atoms with van der Waals surface area (Å²) in [6.07, 6.45) is 0.970. The second kappa shape index (κ2) is 4.84. The van der Waals surface area contributed by atoms with E-state index >= 15 is 0 Å². The predicted octanol–water partition coefficient (Wildman–Crippen LogP) is 4.44. The molecule has 2 rings (SSSR count). The highest BCUT2D eigenvalue weighted by Crippen LogP contribution is 2.32. The standard InChI is InChI=1S/C17H24N2/c1-7-14-11(2)16(18-6)13-10-12(17(3,4)5)8-9-15(13)19-14/h8-10H,7H2,1-6H3,(H,18,19). The first kappa shape index (κ1) is 13.9. The number of hydrogen-bond acceptors (Lipinski definition) is 2. The summed E-state index contributed by atoms with van der Waals surface area (Å²) < 4.78 is 0. The van der Waals surface area contributed by atoms with Gasteiger partial charge < -0.3 is 5.32 Å². The fraction of sp³-hybridized carbons (Fsp3) is 0.471. The Morgan fingerprint density at radius 1 is 1.21 bits per heavy atom. The van der Waals surface area contributed by atoms with E-state index in [1.54, 1.807) is 0 Å². The summed E-state index contributed by atoms with van der Waals surface area (Å²) in [4.78, 5) is 4.79. The van der Waals surface area contributed by atoms with Gasteiger partial charge in [0.2, 0.25) is 0 Å². The van der Waals surface area contributed by atoms with Crippen LogP contribution in [0.4, 0.5) is 5.69 Å². The zero-order valence-corrected chi connectivity index (χ0v) is 12.9. The molecule has 0 unspecified atom stereocenters. The van der Waals surface area contributed by atoms with Crippen LogP contribution >= 0.6 is 0 Å². The van der Waals surface area contributed by atoms with Crippen LogP contribution < -0.4 is 5.32 Å². The van der Waals surface area contributed by atoms with Gasteiger partial charge in [0.05, 0.1) is 5.52 Å². The van der Waals surface area contributed by atoms with Gasteiger partial charge >= 0.3 is 0 Å². The molecule has 0 aliphatic carbocycles. The van der Waals surface area contributed by atoms with Gasteiger partial charge in [-0.25, -0.2) is 0 Å². The Morgan fingerprint density at radius 2 is 1.89 bits per heavy atom. The van der Waals surface area contributed by atoms with E-state index in [9.17, 15) is 0 Å². The third kappa shape index (κ3) is 2.44. The summed E-state index contributed by atoms with van der Waals surface area (Å²) in [5.41, 5.74) is 6.26. The van der Waals surface area contributed by atoms with Crippen molar-refractivity contribution in [1.82, 2.24) is 4.98 Å². The second-order valence-corrected chi connectivity index (χ2v) is 6.14. The molecule has 0 amide bonds. The van der Waals surface area contributed by atoms with E-state index in [0.29, 0.717) is 0 Å². The summed E-state index contributed by atoms with van der Waals surface area (Å²) in [7, 11) is 1.99. The molecular formula is C17H24N2. The lowest BCUT2D eigenvalue weighted by Crippen LogP contribution is -2.11. The molecule has 0 saturated carbocycles. The molecule has 0 radical (unpaired) electrons. The van der Waals surface area contributed by atoms with Crippen LogP contribution in [0.15, 0.2) is 18.2 Å². The maximum atomic E-state index is 4.79. The summed E-state index contributed by atoms with van der Waals surface area (Å²) in [6.45, 7) is 11.0. The monoisotopic (exact) mass is 256 g/mol. The molecule has 2 nitrogen and oxygen atoms in total. The third-order valence-corrected chi connectivity index (χ3v) is 3.78. The summed E-state index contributed by atoms with van der Waals surface area (Å²) in [6, 6.07) is 6.62. The Hall–Kier alpha value is -1.57. The van der Waals surface area contributed by atoms with Crippen LogP contribution in [0.1, 0.15) is 44.5 Å². The lowest BCUT2D eigenvalue weighted by Gasteiger charge is -2.21. The molecule has 0 spiro atoms. The predicted molar refractivity (Wildman–Crippen MR) is 84.1 cm³/mol. The molecule has 0 aliphatic heterocycles. The van der Waals surface area contributed by atoms with Crippen LogP contribution in [0.3, 0.4) is 0 Å². The molecule has 19 heavy (non-hydrogen) atoms. The maximum Gasteiger partial charge on any atom is 0.0726 e. The zero-order chi connectivity index (χ0) is 14.2. The van der Waals surface area contributed by atoms with E-state index < -0.39 is 0 Å². The van der Waals surface area contributed by atoms with Gasteiger partial charge in [0.25, 0.3) is 0 Å². The highest BCUT2D eigenvalue weighted by molar-refractivity contribution is 5.93. The number of hydrogen-bond donors (Lipinski definition) is 1. The smallest absolute Gasteiger partial charge is 0.0726 e. The van der Waals surface area contributed by atoms with E-state index in [4.69, 9.17) is 4.98 Å². The van der Waals surface area contributed by atoms with Crippen molar-refractivity contribution in [2.24, 2.45) is 0 Å². The molecule has 2 aromatic rings. The minimum Gasteiger partial charge on any atom is -0.387 e. The van der Waals surface area contributed by atoms with Gasteiger partial charge in [-0.1, -0.05) is 33.8 Å². The molecule has 1 N–H and O–H groups in total. The molecule has 1 aromatic carbocycles. The lowest BCUT2D eigenvalue weighted by molar-refractivity contribution is 0.591. The number of benzene rings is 1. The number of nitrogens with zero attached hydrogens (tertiary/aromatic N) is 1. The van der Waals surface area contributed by atoms with E-state index in [0.717, 1.165) is 11.9 Å². The second-order valence-electron chi connectivity index (χ2n) is 6.14. The van der Waals surface area contributed by atoms with Crippen LogP contribution in [-0.2, 0) is 11.8 Å². The highest BCUT2D eigenvalue weighted by Gasteiger charge is 2.16. The number of nitrogens with one attached hydrogen (secondary N) is 1. The van der Waals surface area contributed by atoms with Gasteiger partial charge in [0.1, 0.15) is 0 Å².